The van der Waals surface area contributed by atoms with Crippen LogP contribution in [0.25, 0.3) is 0 Å². The summed E-state index contributed by atoms with van der Waals surface area (Å²) in [7, 11) is 1.38. The third-order valence-electron chi connectivity index (χ3n) is 1.76. The summed E-state index contributed by atoms with van der Waals surface area (Å²) in [5.41, 5.74) is 0. The first-order valence-electron chi connectivity index (χ1n) is 4.38. The standard InChI is InChI=1S/C10H10F2O3S/c1-15-5-9(10(13)14)16-6-2-3-7(11)8(12)4-6/h2-4,9H,5H2,1H3,(H,13,14). The molecule has 16 heavy (non-hydrogen) atoms. The highest BCUT2D eigenvalue weighted by molar-refractivity contribution is 8.00. The van der Waals surface area contributed by atoms with E-state index in [9.17, 15) is 13.6 Å². The van der Waals surface area contributed by atoms with Crippen LogP contribution in [0.15, 0.2) is 23.1 Å². The normalized spacial score (nSPS) is 12.4. The van der Waals surface area contributed by atoms with Crippen LogP contribution in [0.5, 0.6) is 0 Å². The number of hydrogen-bond acceptors (Lipinski definition) is 3. The van der Waals surface area contributed by atoms with Crippen molar-refractivity contribution in [1.29, 1.82) is 0 Å². The quantitative estimate of drug-likeness (QED) is 0.811. The number of benzene rings is 1. The number of halogens is 2. The first-order valence-corrected chi connectivity index (χ1v) is 5.26. The van der Waals surface area contributed by atoms with Gasteiger partial charge < -0.3 is 9.84 Å². The predicted octanol–water partition coefficient (Wildman–Crippen LogP) is 2.16. The van der Waals surface area contributed by atoms with E-state index in [1.165, 1.54) is 13.2 Å². The van der Waals surface area contributed by atoms with Crippen molar-refractivity contribution in [3.8, 4) is 0 Å². The number of thioether (sulfide) groups is 1. The predicted molar refractivity (Wildman–Crippen MR) is 55.5 cm³/mol. The van der Waals surface area contributed by atoms with Gasteiger partial charge in [0.2, 0.25) is 0 Å². The third-order valence-corrected chi connectivity index (χ3v) is 2.91. The second-order valence-electron chi connectivity index (χ2n) is 2.98. The van der Waals surface area contributed by atoms with Crippen LogP contribution in [0.1, 0.15) is 0 Å². The summed E-state index contributed by atoms with van der Waals surface area (Å²) in [6.07, 6.45) is 0. The Hall–Kier alpha value is -1.14. The van der Waals surface area contributed by atoms with Crippen LogP contribution in [0.3, 0.4) is 0 Å². The summed E-state index contributed by atoms with van der Waals surface area (Å²) in [6, 6.07) is 3.25. The molecule has 0 radical (unpaired) electrons. The molecule has 1 aromatic rings. The topological polar surface area (TPSA) is 46.5 Å². The van der Waals surface area contributed by atoms with Crippen molar-refractivity contribution in [2.45, 2.75) is 10.1 Å². The Kier molecular flexibility index (Phi) is 4.70. The highest BCUT2D eigenvalue weighted by Crippen LogP contribution is 2.25. The summed E-state index contributed by atoms with van der Waals surface area (Å²) >= 11 is 0.913. The van der Waals surface area contributed by atoms with E-state index < -0.39 is 22.9 Å². The van der Waals surface area contributed by atoms with E-state index >= 15 is 0 Å². The molecule has 1 unspecified atom stereocenters. The molecule has 0 saturated heterocycles. The van der Waals surface area contributed by atoms with Gasteiger partial charge in [0.15, 0.2) is 11.6 Å². The average molecular weight is 248 g/mol. The smallest absolute Gasteiger partial charge is 0.319 e. The maximum Gasteiger partial charge on any atom is 0.319 e. The molecule has 0 aliphatic rings. The minimum absolute atomic E-state index is 0.000997. The van der Waals surface area contributed by atoms with Crippen molar-refractivity contribution < 1.29 is 23.4 Å². The van der Waals surface area contributed by atoms with E-state index in [0.29, 0.717) is 4.90 Å². The van der Waals surface area contributed by atoms with Gasteiger partial charge in [-0.1, -0.05) is 0 Å². The SMILES string of the molecule is COCC(Sc1ccc(F)c(F)c1)C(=O)O. The molecular formula is C10H10F2O3S. The number of methoxy groups -OCH3 is 1. The van der Waals surface area contributed by atoms with Crippen molar-refractivity contribution in [2.24, 2.45) is 0 Å². The number of rotatable bonds is 5. The molecule has 0 aromatic heterocycles. The fraction of sp³-hybridized carbons (Fsp3) is 0.300. The second kappa shape index (κ2) is 5.81. The van der Waals surface area contributed by atoms with Crippen molar-refractivity contribution in [1.82, 2.24) is 0 Å². The molecule has 1 rings (SSSR count). The number of carboxylic acid groups (broad SMARTS) is 1. The van der Waals surface area contributed by atoms with E-state index in [0.717, 1.165) is 23.9 Å². The van der Waals surface area contributed by atoms with Crippen LogP contribution in [-0.2, 0) is 9.53 Å². The summed E-state index contributed by atoms with van der Waals surface area (Å²) in [6.45, 7) is -0.000997. The van der Waals surface area contributed by atoms with Crippen LogP contribution in [0.4, 0.5) is 8.78 Å². The van der Waals surface area contributed by atoms with Gasteiger partial charge in [0, 0.05) is 12.0 Å². The molecule has 0 aliphatic heterocycles. The first-order chi connectivity index (χ1) is 7.54. The molecule has 0 amide bonds. The molecule has 3 nitrogen and oxygen atoms in total. The Morgan fingerprint density at radius 3 is 2.69 bits per heavy atom. The lowest BCUT2D eigenvalue weighted by Gasteiger charge is -2.10. The van der Waals surface area contributed by atoms with Gasteiger partial charge in [0.1, 0.15) is 5.25 Å². The molecule has 0 aliphatic carbocycles. The maximum atomic E-state index is 12.8. The lowest BCUT2D eigenvalue weighted by atomic mass is 10.3. The fourth-order valence-corrected chi connectivity index (χ4v) is 1.97. The highest BCUT2D eigenvalue weighted by Gasteiger charge is 2.19. The Morgan fingerprint density at radius 1 is 1.50 bits per heavy atom. The van der Waals surface area contributed by atoms with E-state index in [2.05, 4.69) is 0 Å². The number of carbonyl (C=O) groups is 1. The van der Waals surface area contributed by atoms with Crippen molar-refractivity contribution in [3.05, 3.63) is 29.8 Å². The fourth-order valence-electron chi connectivity index (χ4n) is 1.02. The molecule has 0 heterocycles. The van der Waals surface area contributed by atoms with Crippen LogP contribution in [-0.4, -0.2) is 30.0 Å². The van der Waals surface area contributed by atoms with E-state index in [1.54, 1.807) is 0 Å². The zero-order valence-electron chi connectivity index (χ0n) is 8.44. The van der Waals surface area contributed by atoms with E-state index in [4.69, 9.17) is 9.84 Å². The summed E-state index contributed by atoms with van der Waals surface area (Å²) < 4.78 is 30.2. The first kappa shape index (κ1) is 12.9. The molecule has 0 spiro atoms. The Bertz CT molecular complexity index is 384. The average Bonchev–Trinajstić information content (AvgIpc) is 2.22. The molecule has 0 saturated carbocycles. The van der Waals surface area contributed by atoms with E-state index in [-0.39, 0.29) is 6.61 Å². The van der Waals surface area contributed by atoms with Crippen molar-refractivity contribution in [3.63, 3.8) is 0 Å². The zero-order chi connectivity index (χ0) is 12.1. The second-order valence-corrected chi connectivity index (χ2v) is 4.25. The number of ether oxygens (including phenoxy) is 1. The minimum Gasteiger partial charge on any atom is -0.480 e. The van der Waals surface area contributed by atoms with Crippen LogP contribution >= 0.6 is 11.8 Å². The number of carboxylic acids is 1. The Labute approximate surface area is 95.4 Å². The molecular weight excluding hydrogens is 238 g/mol. The van der Waals surface area contributed by atoms with Gasteiger partial charge in [0.05, 0.1) is 6.61 Å². The van der Waals surface area contributed by atoms with Gasteiger partial charge in [-0.3, -0.25) is 4.79 Å². The van der Waals surface area contributed by atoms with Gasteiger partial charge in [-0.2, -0.15) is 0 Å². The highest BCUT2D eigenvalue weighted by atomic mass is 32.2. The van der Waals surface area contributed by atoms with E-state index in [1.807, 2.05) is 0 Å². The van der Waals surface area contributed by atoms with Crippen molar-refractivity contribution >= 4 is 17.7 Å². The largest absolute Gasteiger partial charge is 0.480 e. The number of hydrogen-bond donors (Lipinski definition) is 1. The molecule has 0 bridgehead atoms. The van der Waals surface area contributed by atoms with Gasteiger partial charge >= 0.3 is 5.97 Å². The molecule has 6 heteroatoms. The molecule has 0 fully saturated rings. The van der Waals surface area contributed by atoms with Crippen LogP contribution < -0.4 is 0 Å². The molecule has 1 aromatic carbocycles. The third kappa shape index (κ3) is 3.46. The maximum absolute atomic E-state index is 12.8. The molecule has 1 N–H and O–H groups in total. The lowest BCUT2D eigenvalue weighted by Crippen LogP contribution is -2.21. The van der Waals surface area contributed by atoms with Gasteiger partial charge in [0.25, 0.3) is 0 Å². The summed E-state index contributed by atoms with van der Waals surface area (Å²) in [4.78, 5) is 11.1. The summed E-state index contributed by atoms with van der Waals surface area (Å²) in [5, 5.41) is 7.98. The Balaban J connectivity index is 2.77. The van der Waals surface area contributed by atoms with Gasteiger partial charge in [-0.15, -0.1) is 11.8 Å². The van der Waals surface area contributed by atoms with Gasteiger partial charge in [-0.05, 0) is 18.2 Å². The lowest BCUT2D eigenvalue weighted by molar-refractivity contribution is -0.137. The monoisotopic (exact) mass is 248 g/mol. The zero-order valence-corrected chi connectivity index (χ0v) is 9.26. The van der Waals surface area contributed by atoms with Crippen molar-refractivity contribution in [2.75, 3.05) is 13.7 Å². The molecule has 1 atom stereocenters. The van der Waals surface area contributed by atoms with Crippen LogP contribution in [0.2, 0.25) is 0 Å². The van der Waals surface area contributed by atoms with Crippen LogP contribution in [0, 0.1) is 11.6 Å². The number of aliphatic carboxylic acids is 1. The Morgan fingerprint density at radius 2 is 2.19 bits per heavy atom. The van der Waals surface area contributed by atoms with Gasteiger partial charge in [-0.25, -0.2) is 8.78 Å². The minimum atomic E-state index is -1.06. The summed E-state index contributed by atoms with van der Waals surface area (Å²) in [5.74, 6) is -3.01. The molecule has 88 valence electrons.